The second-order valence-corrected chi connectivity index (χ2v) is 10.3. The zero-order valence-electron chi connectivity index (χ0n) is 18.2. The van der Waals surface area contributed by atoms with Crippen molar-refractivity contribution in [3.05, 3.63) is 114 Å². The molecule has 0 spiro atoms. The highest BCUT2D eigenvalue weighted by Gasteiger charge is 2.60. The van der Waals surface area contributed by atoms with Crippen molar-refractivity contribution in [1.82, 2.24) is 9.78 Å². The van der Waals surface area contributed by atoms with Crippen molar-refractivity contribution in [2.24, 2.45) is 5.18 Å². The molecule has 3 aromatic carbocycles. The van der Waals surface area contributed by atoms with E-state index in [1.54, 1.807) is 0 Å². The first-order chi connectivity index (χ1) is 17.5. The Hall–Kier alpha value is -2.73. The molecule has 6 nitrogen and oxygen atoms in total. The van der Waals surface area contributed by atoms with Crippen LogP contribution in [-0.4, -0.2) is 21.9 Å². The third-order valence-corrected chi connectivity index (χ3v) is 7.18. The van der Waals surface area contributed by atoms with E-state index >= 15 is 13.2 Å². The van der Waals surface area contributed by atoms with Gasteiger partial charge in [0.15, 0.2) is 0 Å². The Bertz CT molecular complexity index is 1470. The molecule has 0 aliphatic carbocycles. The molecule has 1 N–H and O–H groups in total. The summed E-state index contributed by atoms with van der Waals surface area (Å²) in [5.41, 5.74) is -2.84. The maximum absolute atomic E-state index is 15.1. The number of hydrogen-bond acceptors (Lipinski definition) is 4. The quantitative estimate of drug-likeness (QED) is 0.208. The molecule has 190 valence electrons. The maximum atomic E-state index is 15.1. The lowest BCUT2D eigenvalue weighted by Crippen LogP contribution is -2.50. The van der Waals surface area contributed by atoms with E-state index in [1.165, 1.54) is 60.7 Å². The first-order valence-electron chi connectivity index (χ1n) is 10.2. The molecule has 0 saturated heterocycles. The van der Waals surface area contributed by atoms with E-state index in [0.717, 1.165) is 17.1 Å². The molecule has 0 bridgehead atoms. The first-order valence-corrected chi connectivity index (χ1v) is 12.6. The number of nitrogens with zero attached hydrogens (tertiary/aromatic N) is 3. The largest absolute Gasteiger partial charge is 0.422 e. The van der Waals surface area contributed by atoms with Gasteiger partial charge in [0.25, 0.3) is 5.91 Å². The van der Waals surface area contributed by atoms with Gasteiger partial charge < -0.3 is 5.32 Å². The number of halogens is 7. The molecule has 1 atom stereocenters. The number of anilines is 1. The van der Waals surface area contributed by atoms with Gasteiger partial charge >= 0.3 is 6.18 Å². The highest BCUT2D eigenvalue weighted by Crippen LogP contribution is 2.50. The molecule has 37 heavy (non-hydrogen) atoms. The van der Waals surface area contributed by atoms with Crippen LogP contribution < -0.4 is 5.32 Å². The summed E-state index contributed by atoms with van der Waals surface area (Å²) in [5, 5.41) is 9.62. The molecule has 0 aliphatic rings. The van der Waals surface area contributed by atoms with E-state index in [4.69, 9.17) is 23.2 Å². The van der Waals surface area contributed by atoms with Crippen molar-refractivity contribution in [3.8, 4) is 0 Å². The smallest absolute Gasteiger partial charge is 0.320 e. The number of aromatic nitrogens is 2. The number of nitroso groups, excluding NO2 is 1. The molecule has 0 fully saturated rings. The molecule has 4 rings (SSSR count). The van der Waals surface area contributed by atoms with E-state index in [-0.39, 0.29) is 47.1 Å². The average Bonchev–Trinajstić information content (AvgIpc) is 3.28. The van der Waals surface area contributed by atoms with Gasteiger partial charge in [0, 0.05) is 25.7 Å². The minimum atomic E-state index is -4.90. The van der Waals surface area contributed by atoms with Gasteiger partial charge in [-0.1, -0.05) is 41.4 Å². The minimum Gasteiger partial charge on any atom is -0.320 e. The molecular weight excluding hydrogens is 664 g/mol. The van der Waals surface area contributed by atoms with Crippen molar-refractivity contribution in [3.63, 3.8) is 0 Å². The van der Waals surface area contributed by atoms with Gasteiger partial charge in [-0.05, 0) is 90.6 Å². The fourth-order valence-electron chi connectivity index (χ4n) is 3.85. The van der Waals surface area contributed by atoms with Gasteiger partial charge in [-0.2, -0.15) is 18.3 Å². The van der Waals surface area contributed by atoms with E-state index < -0.39 is 17.6 Å². The summed E-state index contributed by atoms with van der Waals surface area (Å²) in [5.74, 6) is -0.599. The molecule has 1 unspecified atom stereocenters. The lowest BCUT2D eigenvalue weighted by Gasteiger charge is -2.37. The first kappa shape index (κ1) is 27.3. The van der Waals surface area contributed by atoms with Crippen LogP contribution in [0, 0.1) is 4.91 Å². The topological polar surface area (TPSA) is 76.3 Å². The van der Waals surface area contributed by atoms with Gasteiger partial charge in [-0.15, -0.1) is 4.91 Å². The van der Waals surface area contributed by atoms with Crippen molar-refractivity contribution in [2.45, 2.75) is 11.7 Å². The number of hydrogen-bond donors (Lipinski definition) is 1. The summed E-state index contributed by atoms with van der Waals surface area (Å²) in [4.78, 5) is 23.6. The Balaban J connectivity index is 1.88. The van der Waals surface area contributed by atoms with E-state index in [9.17, 15) is 9.70 Å². The average molecular weight is 677 g/mol. The molecule has 4 aromatic rings. The maximum Gasteiger partial charge on any atom is 0.422 e. The lowest BCUT2D eigenvalue weighted by molar-refractivity contribution is -0.189. The minimum absolute atomic E-state index is 0.0108. The second kappa shape index (κ2) is 10.6. The molecular formula is C24H13Br2Cl2F3N4O2. The number of benzene rings is 3. The van der Waals surface area contributed by atoms with Gasteiger partial charge in [0.2, 0.25) is 5.54 Å². The van der Waals surface area contributed by atoms with Crippen molar-refractivity contribution in [1.29, 1.82) is 0 Å². The summed E-state index contributed by atoms with van der Waals surface area (Å²) in [7, 11) is 0. The number of carbonyl (C=O) groups is 1. The standard InChI is InChI=1S/C24H13Br2Cl2F3N4O2/c25-19-9-15(10-20(26)21(19)33-22(36)13-2-1-3-18(8-13)34-37)23(24(29,30)31,35-12-17(28)11-32-35)14-4-6-16(27)7-5-14/h1-12H,(H,33,36). The Morgan fingerprint density at radius 3 is 2.14 bits per heavy atom. The Kier molecular flexibility index (Phi) is 7.80. The zero-order valence-corrected chi connectivity index (χ0v) is 22.9. The number of rotatable bonds is 6. The Morgan fingerprint density at radius 2 is 1.59 bits per heavy atom. The molecule has 0 saturated carbocycles. The van der Waals surface area contributed by atoms with E-state index in [1.807, 2.05) is 0 Å². The normalized spacial score (nSPS) is 13.2. The van der Waals surface area contributed by atoms with Crippen LogP contribution in [0.4, 0.5) is 24.5 Å². The van der Waals surface area contributed by atoms with Crippen LogP contribution in [0.25, 0.3) is 0 Å². The third-order valence-electron chi connectivity index (χ3n) is 5.48. The van der Waals surface area contributed by atoms with Crippen molar-refractivity contribution in [2.75, 3.05) is 5.32 Å². The molecule has 1 heterocycles. The predicted molar refractivity (Wildman–Crippen MR) is 143 cm³/mol. The Morgan fingerprint density at radius 1 is 0.946 bits per heavy atom. The van der Waals surface area contributed by atoms with Crippen LogP contribution >= 0.6 is 55.1 Å². The number of amides is 1. The molecule has 0 radical (unpaired) electrons. The predicted octanol–water partition coefficient (Wildman–Crippen LogP) is 8.72. The van der Waals surface area contributed by atoms with Crippen molar-refractivity contribution >= 4 is 72.3 Å². The van der Waals surface area contributed by atoms with Crippen LogP contribution in [-0.2, 0) is 5.54 Å². The monoisotopic (exact) mass is 674 g/mol. The zero-order chi connectivity index (χ0) is 27.0. The lowest BCUT2D eigenvalue weighted by atomic mass is 9.82. The Labute approximate surface area is 235 Å². The summed E-state index contributed by atoms with van der Waals surface area (Å²) in [6.07, 6.45) is -2.71. The van der Waals surface area contributed by atoms with Gasteiger partial charge in [0.05, 0.1) is 16.9 Å². The second-order valence-electron chi connectivity index (χ2n) is 7.73. The number of nitrogens with one attached hydrogen (secondary N) is 1. The van der Waals surface area contributed by atoms with Crippen LogP contribution in [0.15, 0.2) is 87.2 Å². The van der Waals surface area contributed by atoms with Crippen LogP contribution in [0.5, 0.6) is 0 Å². The van der Waals surface area contributed by atoms with Crippen LogP contribution in [0.1, 0.15) is 21.5 Å². The van der Waals surface area contributed by atoms with Gasteiger partial charge in [0.1, 0.15) is 5.69 Å². The molecule has 1 amide bonds. The fraction of sp³-hybridized carbons (Fsp3) is 0.0833. The summed E-state index contributed by atoms with van der Waals surface area (Å²) >= 11 is 18.5. The fourth-order valence-corrected chi connectivity index (χ4v) is 5.50. The summed E-state index contributed by atoms with van der Waals surface area (Å²) in [6, 6.07) is 13.4. The SMILES string of the molecule is O=Nc1cccc(C(=O)Nc2c(Br)cc(C(c3ccc(Cl)cc3)(n3cc(Cl)cn3)C(F)(F)F)cc2Br)c1. The van der Waals surface area contributed by atoms with Gasteiger partial charge in [-0.3, -0.25) is 4.79 Å². The highest BCUT2D eigenvalue weighted by molar-refractivity contribution is 9.11. The molecule has 1 aromatic heterocycles. The van der Waals surface area contributed by atoms with E-state index in [2.05, 4.69) is 47.5 Å². The number of alkyl halides is 3. The summed E-state index contributed by atoms with van der Waals surface area (Å²) in [6.45, 7) is 0. The summed E-state index contributed by atoms with van der Waals surface area (Å²) < 4.78 is 46.4. The van der Waals surface area contributed by atoms with E-state index in [0.29, 0.717) is 0 Å². The number of carbonyl (C=O) groups excluding carboxylic acids is 1. The molecule has 13 heteroatoms. The van der Waals surface area contributed by atoms with Crippen LogP contribution in [0.2, 0.25) is 10.0 Å². The van der Waals surface area contributed by atoms with Crippen molar-refractivity contribution < 1.29 is 18.0 Å². The van der Waals surface area contributed by atoms with Crippen LogP contribution in [0.3, 0.4) is 0 Å². The molecule has 0 aliphatic heterocycles. The van der Waals surface area contributed by atoms with Gasteiger partial charge in [-0.25, -0.2) is 4.68 Å². The highest BCUT2D eigenvalue weighted by atomic mass is 79.9. The third kappa shape index (κ3) is 5.18.